The first-order valence-electron chi connectivity index (χ1n) is 6.93. The summed E-state index contributed by atoms with van der Waals surface area (Å²) in [7, 11) is 0. The minimum atomic E-state index is 0.638. The number of aromatic nitrogens is 2. The number of hydrogen-bond donors (Lipinski definition) is 1. The van der Waals surface area contributed by atoms with Crippen LogP contribution in [0.3, 0.4) is 0 Å². The lowest BCUT2D eigenvalue weighted by Gasteiger charge is -2.00. The Morgan fingerprint density at radius 3 is 2.78 bits per heavy atom. The highest BCUT2D eigenvalue weighted by atomic mass is 32.1. The van der Waals surface area contributed by atoms with E-state index in [1.54, 1.807) is 24.5 Å². The van der Waals surface area contributed by atoms with Crippen LogP contribution in [0.25, 0.3) is 11.3 Å². The van der Waals surface area contributed by atoms with Crippen LogP contribution in [-0.2, 0) is 0 Å². The highest BCUT2D eigenvalue weighted by Crippen LogP contribution is 2.25. The molecule has 0 saturated heterocycles. The van der Waals surface area contributed by atoms with Gasteiger partial charge in [-0.25, -0.2) is 4.98 Å². The van der Waals surface area contributed by atoms with E-state index >= 15 is 0 Å². The first-order valence-corrected chi connectivity index (χ1v) is 7.81. The standard InChI is InChI=1S/C17H13N5S/c1-12(15-3-2-8-19-10-15)21-22-17-20-16(11-23-17)14-6-4-13(9-18)5-7-14/h2-8,10-11H,1H3,(H,20,22)/b21-12+. The van der Waals surface area contributed by atoms with E-state index in [9.17, 15) is 0 Å². The Morgan fingerprint density at radius 2 is 2.09 bits per heavy atom. The lowest BCUT2D eigenvalue weighted by Crippen LogP contribution is -1.99. The number of nitrogens with zero attached hydrogens (tertiary/aromatic N) is 4. The molecular formula is C17H13N5S. The Balaban J connectivity index is 1.73. The van der Waals surface area contributed by atoms with E-state index < -0.39 is 0 Å². The van der Waals surface area contributed by atoms with Crippen molar-refractivity contribution in [3.05, 3.63) is 65.3 Å². The molecule has 23 heavy (non-hydrogen) atoms. The molecule has 2 heterocycles. The van der Waals surface area contributed by atoms with Crippen molar-refractivity contribution in [2.75, 3.05) is 5.43 Å². The maximum Gasteiger partial charge on any atom is 0.203 e. The van der Waals surface area contributed by atoms with Gasteiger partial charge >= 0.3 is 0 Å². The van der Waals surface area contributed by atoms with E-state index in [0.717, 1.165) is 22.5 Å². The molecule has 0 amide bonds. The van der Waals surface area contributed by atoms with Crippen LogP contribution in [0.15, 0.2) is 59.3 Å². The molecule has 112 valence electrons. The first kappa shape index (κ1) is 14.9. The van der Waals surface area contributed by atoms with Crippen molar-refractivity contribution in [1.29, 1.82) is 5.26 Å². The van der Waals surface area contributed by atoms with Gasteiger partial charge in [-0.05, 0) is 25.1 Å². The lowest BCUT2D eigenvalue weighted by molar-refractivity contribution is 1.26. The van der Waals surface area contributed by atoms with Gasteiger partial charge in [0.15, 0.2) is 0 Å². The quantitative estimate of drug-likeness (QED) is 0.584. The maximum absolute atomic E-state index is 8.83. The second-order valence-electron chi connectivity index (χ2n) is 4.78. The van der Waals surface area contributed by atoms with Crippen LogP contribution in [0.5, 0.6) is 0 Å². The zero-order valence-corrected chi connectivity index (χ0v) is 13.2. The molecule has 1 N–H and O–H groups in total. The minimum Gasteiger partial charge on any atom is -0.264 e. The Kier molecular flexibility index (Phi) is 4.41. The zero-order valence-electron chi connectivity index (χ0n) is 12.4. The van der Waals surface area contributed by atoms with Gasteiger partial charge in [-0.1, -0.05) is 18.2 Å². The molecule has 0 spiro atoms. The Labute approximate surface area is 138 Å². The second kappa shape index (κ2) is 6.81. The molecule has 1 aromatic carbocycles. The number of pyridine rings is 1. The average Bonchev–Trinajstić information content (AvgIpc) is 3.09. The predicted octanol–water partition coefficient (Wildman–Crippen LogP) is 3.91. The van der Waals surface area contributed by atoms with Crippen molar-refractivity contribution < 1.29 is 0 Å². The molecule has 3 aromatic rings. The molecule has 0 unspecified atom stereocenters. The number of thiazole rings is 1. The van der Waals surface area contributed by atoms with Crippen molar-refractivity contribution in [3.63, 3.8) is 0 Å². The van der Waals surface area contributed by atoms with Gasteiger partial charge in [0.25, 0.3) is 0 Å². The minimum absolute atomic E-state index is 0.638. The van der Waals surface area contributed by atoms with Crippen molar-refractivity contribution in [1.82, 2.24) is 9.97 Å². The van der Waals surface area contributed by atoms with Gasteiger partial charge in [-0.15, -0.1) is 11.3 Å². The fourth-order valence-corrected chi connectivity index (χ4v) is 2.61. The van der Waals surface area contributed by atoms with Gasteiger partial charge in [0, 0.05) is 28.9 Å². The normalized spacial score (nSPS) is 11.0. The molecule has 0 atom stereocenters. The molecule has 0 saturated carbocycles. The number of rotatable bonds is 4. The highest BCUT2D eigenvalue weighted by molar-refractivity contribution is 7.14. The summed E-state index contributed by atoms with van der Waals surface area (Å²) in [4.78, 5) is 8.58. The monoisotopic (exact) mass is 319 g/mol. The third-order valence-electron chi connectivity index (χ3n) is 3.21. The average molecular weight is 319 g/mol. The zero-order chi connectivity index (χ0) is 16.1. The van der Waals surface area contributed by atoms with Gasteiger partial charge in [-0.2, -0.15) is 10.4 Å². The molecule has 3 rings (SSSR count). The number of benzene rings is 1. The van der Waals surface area contributed by atoms with Crippen LogP contribution in [0.1, 0.15) is 18.1 Å². The van der Waals surface area contributed by atoms with Crippen molar-refractivity contribution >= 4 is 22.2 Å². The van der Waals surface area contributed by atoms with Crippen LogP contribution in [0.4, 0.5) is 5.13 Å². The van der Waals surface area contributed by atoms with Gasteiger partial charge in [-0.3, -0.25) is 10.4 Å². The summed E-state index contributed by atoms with van der Waals surface area (Å²) < 4.78 is 0. The molecule has 0 fully saturated rings. The summed E-state index contributed by atoms with van der Waals surface area (Å²) >= 11 is 1.48. The molecule has 0 aliphatic rings. The molecule has 0 bridgehead atoms. The number of nitriles is 1. The van der Waals surface area contributed by atoms with Crippen LogP contribution in [0.2, 0.25) is 0 Å². The number of nitrogens with one attached hydrogen (secondary N) is 1. The van der Waals surface area contributed by atoms with Crippen molar-refractivity contribution in [2.45, 2.75) is 6.92 Å². The Morgan fingerprint density at radius 1 is 1.26 bits per heavy atom. The van der Waals surface area contributed by atoms with Crippen molar-refractivity contribution in [2.24, 2.45) is 5.10 Å². The summed E-state index contributed by atoms with van der Waals surface area (Å²) in [6, 6.07) is 13.3. The largest absolute Gasteiger partial charge is 0.264 e. The Hall–Kier alpha value is -3.04. The molecule has 5 nitrogen and oxygen atoms in total. The summed E-state index contributed by atoms with van der Waals surface area (Å²) in [5.74, 6) is 0. The predicted molar refractivity (Wildman–Crippen MR) is 92.3 cm³/mol. The van der Waals surface area contributed by atoms with Gasteiger partial charge in [0.05, 0.1) is 23.0 Å². The fourth-order valence-electron chi connectivity index (χ4n) is 1.95. The Bertz CT molecular complexity index is 860. The maximum atomic E-state index is 8.83. The molecular weight excluding hydrogens is 306 g/mol. The third-order valence-corrected chi connectivity index (χ3v) is 3.96. The molecule has 0 aliphatic carbocycles. The van der Waals surface area contributed by atoms with Crippen molar-refractivity contribution in [3.8, 4) is 17.3 Å². The van der Waals surface area contributed by atoms with E-state index in [0.29, 0.717) is 10.7 Å². The molecule has 0 radical (unpaired) electrons. The van der Waals surface area contributed by atoms with E-state index in [-0.39, 0.29) is 0 Å². The van der Waals surface area contributed by atoms with Gasteiger partial charge in [0.1, 0.15) is 0 Å². The molecule has 2 aromatic heterocycles. The van der Waals surface area contributed by atoms with Crippen LogP contribution >= 0.6 is 11.3 Å². The summed E-state index contributed by atoms with van der Waals surface area (Å²) in [5, 5.41) is 15.8. The topological polar surface area (TPSA) is 74.0 Å². The third kappa shape index (κ3) is 3.59. The van der Waals surface area contributed by atoms with Gasteiger partial charge in [0.2, 0.25) is 5.13 Å². The smallest absolute Gasteiger partial charge is 0.203 e. The summed E-state index contributed by atoms with van der Waals surface area (Å²) in [6.07, 6.45) is 3.50. The highest BCUT2D eigenvalue weighted by Gasteiger charge is 2.04. The first-order chi connectivity index (χ1) is 11.3. The van der Waals surface area contributed by atoms with E-state index in [1.807, 2.05) is 36.6 Å². The fraction of sp³-hybridized carbons (Fsp3) is 0.0588. The number of hydrogen-bond acceptors (Lipinski definition) is 6. The summed E-state index contributed by atoms with van der Waals surface area (Å²) in [6.45, 7) is 1.92. The van der Waals surface area contributed by atoms with E-state index in [1.165, 1.54) is 11.3 Å². The van der Waals surface area contributed by atoms with E-state index in [2.05, 4.69) is 26.6 Å². The molecule has 6 heteroatoms. The number of anilines is 1. The summed E-state index contributed by atoms with van der Waals surface area (Å²) in [5.41, 5.74) is 7.24. The van der Waals surface area contributed by atoms with Crippen LogP contribution in [0, 0.1) is 11.3 Å². The SMILES string of the molecule is C/C(=N\Nc1nc(-c2ccc(C#N)cc2)cs1)c1cccnc1. The van der Waals surface area contributed by atoms with Gasteiger partial charge < -0.3 is 0 Å². The lowest BCUT2D eigenvalue weighted by atomic mass is 10.1. The number of hydrazone groups is 1. The van der Waals surface area contributed by atoms with E-state index in [4.69, 9.17) is 5.26 Å². The van der Waals surface area contributed by atoms with Crippen LogP contribution in [-0.4, -0.2) is 15.7 Å². The molecule has 0 aliphatic heterocycles. The second-order valence-corrected chi connectivity index (χ2v) is 5.64. The van der Waals surface area contributed by atoms with Crippen LogP contribution < -0.4 is 5.43 Å².